The summed E-state index contributed by atoms with van der Waals surface area (Å²) in [5.41, 5.74) is 0. The first-order valence-corrected chi connectivity index (χ1v) is 10.0. The van der Waals surface area contributed by atoms with Crippen LogP contribution < -0.4 is 10.6 Å². The molecule has 6 nitrogen and oxygen atoms in total. The Hall–Kier alpha value is -0.570. The Morgan fingerprint density at radius 3 is 2.42 bits per heavy atom. The Bertz CT molecular complexity index is 449. The lowest BCUT2D eigenvalue weighted by atomic mass is 10.0. The van der Waals surface area contributed by atoms with Crippen LogP contribution >= 0.6 is 24.0 Å². The first kappa shape index (κ1) is 23.5. The molecule has 2 rings (SSSR count). The molecule has 26 heavy (non-hydrogen) atoms. The second kappa shape index (κ2) is 12.0. The average molecular weight is 479 g/mol. The van der Waals surface area contributed by atoms with Crippen LogP contribution in [0.4, 0.5) is 0 Å². The summed E-state index contributed by atoms with van der Waals surface area (Å²) in [4.78, 5) is 21.0. The maximum atomic E-state index is 12.1. The van der Waals surface area contributed by atoms with Crippen LogP contribution in [0.5, 0.6) is 0 Å². The Balaban J connectivity index is 0.00000338. The number of hydrogen-bond acceptors (Lipinski definition) is 3. The van der Waals surface area contributed by atoms with E-state index in [1.807, 2.05) is 25.8 Å². The fourth-order valence-electron chi connectivity index (χ4n) is 3.92. The molecule has 2 saturated heterocycles. The average Bonchev–Trinajstić information content (AvgIpc) is 2.65. The Morgan fingerprint density at radius 2 is 1.85 bits per heavy atom. The van der Waals surface area contributed by atoms with Gasteiger partial charge in [0.25, 0.3) is 0 Å². The zero-order valence-corrected chi connectivity index (χ0v) is 19.3. The zero-order chi connectivity index (χ0) is 18.2. The molecule has 2 aliphatic rings. The molecule has 2 N–H and O–H groups in total. The molecule has 0 bridgehead atoms. The minimum atomic E-state index is 0. The number of carbonyl (C=O) groups is 1. The number of rotatable bonds is 5. The van der Waals surface area contributed by atoms with Crippen molar-refractivity contribution in [1.29, 1.82) is 0 Å². The summed E-state index contributed by atoms with van der Waals surface area (Å²) in [5, 5.41) is 7.07. The zero-order valence-electron chi connectivity index (χ0n) is 17.0. The summed E-state index contributed by atoms with van der Waals surface area (Å²) in [6.07, 6.45) is 5.91. The molecule has 1 atom stereocenters. The van der Waals surface area contributed by atoms with E-state index in [2.05, 4.69) is 27.4 Å². The van der Waals surface area contributed by atoms with E-state index in [-0.39, 0.29) is 35.8 Å². The molecule has 0 aromatic carbocycles. The fraction of sp³-hybridized carbons (Fsp3) is 0.895. The van der Waals surface area contributed by atoms with Gasteiger partial charge in [-0.05, 0) is 38.8 Å². The van der Waals surface area contributed by atoms with Crippen molar-refractivity contribution in [3.63, 3.8) is 0 Å². The van der Waals surface area contributed by atoms with Gasteiger partial charge in [-0.2, -0.15) is 0 Å². The number of halogens is 1. The molecule has 0 spiro atoms. The van der Waals surface area contributed by atoms with Gasteiger partial charge in [0.15, 0.2) is 5.96 Å². The summed E-state index contributed by atoms with van der Waals surface area (Å²) in [6.45, 7) is 11.2. The van der Waals surface area contributed by atoms with Crippen molar-refractivity contribution in [2.75, 3.05) is 39.8 Å². The normalized spacial score (nSPS) is 22.9. The van der Waals surface area contributed by atoms with E-state index in [4.69, 9.17) is 0 Å². The highest BCUT2D eigenvalue weighted by Crippen LogP contribution is 2.16. The van der Waals surface area contributed by atoms with Crippen molar-refractivity contribution in [2.45, 2.75) is 65.0 Å². The molecule has 0 aromatic rings. The second-order valence-electron chi connectivity index (χ2n) is 7.63. The third-order valence-electron chi connectivity index (χ3n) is 5.53. The molecule has 0 aliphatic carbocycles. The van der Waals surface area contributed by atoms with Crippen LogP contribution in [-0.4, -0.2) is 73.5 Å². The molecule has 7 heteroatoms. The quantitative estimate of drug-likeness (QED) is 0.361. The van der Waals surface area contributed by atoms with Crippen molar-refractivity contribution in [1.82, 2.24) is 20.4 Å². The lowest BCUT2D eigenvalue weighted by Gasteiger charge is -2.36. The Labute approximate surface area is 176 Å². The van der Waals surface area contributed by atoms with Crippen LogP contribution in [0.2, 0.25) is 0 Å². The minimum absolute atomic E-state index is 0. The molecule has 2 heterocycles. The summed E-state index contributed by atoms with van der Waals surface area (Å²) in [6, 6.07) is 1.01. The summed E-state index contributed by atoms with van der Waals surface area (Å²) >= 11 is 0. The number of piperidine rings is 2. The van der Waals surface area contributed by atoms with Crippen molar-refractivity contribution in [3.8, 4) is 0 Å². The number of guanidine groups is 1. The van der Waals surface area contributed by atoms with Crippen molar-refractivity contribution in [2.24, 2.45) is 10.9 Å². The first-order valence-electron chi connectivity index (χ1n) is 10.0. The molecule has 0 aromatic heterocycles. The van der Waals surface area contributed by atoms with E-state index in [0.717, 1.165) is 45.0 Å². The number of hydrogen-bond donors (Lipinski definition) is 2. The molecule has 1 unspecified atom stereocenters. The topological polar surface area (TPSA) is 60.0 Å². The number of amides is 1. The van der Waals surface area contributed by atoms with E-state index >= 15 is 0 Å². The lowest BCUT2D eigenvalue weighted by Crippen LogP contribution is -2.53. The lowest BCUT2D eigenvalue weighted by molar-refractivity contribution is -0.135. The number of nitrogens with zero attached hydrogens (tertiary/aromatic N) is 3. The summed E-state index contributed by atoms with van der Waals surface area (Å²) in [5.74, 6) is 1.27. The van der Waals surface area contributed by atoms with Crippen LogP contribution in [-0.2, 0) is 4.79 Å². The van der Waals surface area contributed by atoms with E-state index in [1.54, 1.807) is 0 Å². The number of likely N-dealkylation sites (tertiary alicyclic amines) is 2. The van der Waals surface area contributed by atoms with Crippen LogP contribution in [0.1, 0.15) is 52.9 Å². The van der Waals surface area contributed by atoms with Gasteiger partial charge in [-0.3, -0.25) is 14.7 Å². The SMILES string of the molecule is CCN1CCCCC1CNC(=NC)NC1CCN(C(=O)C(C)C)CC1.I. The molecule has 0 saturated carbocycles. The van der Waals surface area contributed by atoms with Gasteiger partial charge in [0.1, 0.15) is 0 Å². The van der Waals surface area contributed by atoms with E-state index in [9.17, 15) is 4.79 Å². The van der Waals surface area contributed by atoms with E-state index < -0.39 is 0 Å². The van der Waals surface area contributed by atoms with Gasteiger partial charge >= 0.3 is 0 Å². The van der Waals surface area contributed by atoms with Crippen molar-refractivity contribution in [3.05, 3.63) is 0 Å². The maximum Gasteiger partial charge on any atom is 0.225 e. The van der Waals surface area contributed by atoms with Crippen LogP contribution in [0.25, 0.3) is 0 Å². The van der Waals surface area contributed by atoms with E-state index in [0.29, 0.717) is 12.1 Å². The highest BCUT2D eigenvalue weighted by molar-refractivity contribution is 14.0. The maximum absolute atomic E-state index is 12.1. The molecular weight excluding hydrogens is 441 g/mol. The number of aliphatic imine (C=N–C) groups is 1. The smallest absolute Gasteiger partial charge is 0.225 e. The van der Waals surface area contributed by atoms with Crippen LogP contribution in [0.15, 0.2) is 4.99 Å². The Kier molecular flexibility index (Phi) is 10.8. The fourth-order valence-corrected chi connectivity index (χ4v) is 3.92. The van der Waals surface area contributed by atoms with Crippen molar-refractivity contribution >= 4 is 35.8 Å². The van der Waals surface area contributed by atoms with Gasteiger partial charge in [0.2, 0.25) is 5.91 Å². The minimum Gasteiger partial charge on any atom is -0.355 e. The van der Waals surface area contributed by atoms with Gasteiger partial charge in [-0.15, -0.1) is 24.0 Å². The molecule has 152 valence electrons. The van der Waals surface area contributed by atoms with Gasteiger partial charge in [0.05, 0.1) is 0 Å². The Morgan fingerprint density at radius 1 is 1.15 bits per heavy atom. The number of carbonyl (C=O) groups excluding carboxylic acids is 1. The number of likely N-dealkylation sites (N-methyl/N-ethyl adjacent to an activating group) is 1. The first-order chi connectivity index (χ1) is 12.0. The van der Waals surface area contributed by atoms with E-state index in [1.165, 1.54) is 25.8 Å². The molecule has 0 radical (unpaired) electrons. The summed E-state index contributed by atoms with van der Waals surface area (Å²) in [7, 11) is 1.84. The largest absolute Gasteiger partial charge is 0.355 e. The highest BCUT2D eigenvalue weighted by atomic mass is 127. The number of nitrogens with one attached hydrogen (secondary N) is 2. The van der Waals surface area contributed by atoms with Gasteiger partial charge in [-0.1, -0.05) is 27.2 Å². The third-order valence-corrected chi connectivity index (χ3v) is 5.53. The predicted molar refractivity (Wildman–Crippen MR) is 119 cm³/mol. The molecule has 1 amide bonds. The van der Waals surface area contributed by atoms with Gasteiger partial charge in [-0.25, -0.2) is 0 Å². The second-order valence-corrected chi connectivity index (χ2v) is 7.63. The third kappa shape index (κ3) is 6.87. The highest BCUT2D eigenvalue weighted by Gasteiger charge is 2.25. The molecular formula is C19H38IN5O. The molecule has 2 aliphatic heterocycles. The molecule has 2 fully saturated rings. The van der Waals surface area contributed by atoms with Gasteiger partial charge < -0.3 is 15.5 Å². The van der Waals surface area contributed by atoms with Crippen LogP contribution in [0, 0.1) is 5.92 Å². The predicted octanol–water partition coefficient (Wildman–Crippen LogP) is 2.29. The standard InChI is InChI=1S/C19H37N5O.HI/c1-5-23-11-7-6-8-17(23)14-21-19(20-4)22-16-9-12-24(13-10-16)18(25)15(2)3;/h15-17H,5-14H2,1-4H3,(H2,20,21,22);1H. The monoisotopic (exact) mass is 479 g/mol. The van der Waals surface area contributed by atoms with Crippen LogP contribution in [0.3, 0.4) is 0 Å². The van der Waals surface area contributed by atoms with Crippen molar-refractivity contribution < 1.29 is 4.79 Å². The summed E-state index contributed by atoms with van der Waals surface area (Å²) < 4.78 is 0. The van der Waals surface area contributed by atoms with Gasteiger partial charge in [0, 0.05) is 44.7 Å².